The van der Waals surface area contributed by atoms with Gasteiger partial charge in [-0.1, -0.05) is 0 Å². The van der Waals surface area contributed by atoms with Crippen LogP contribution in [0.3, 0.4) is 0 Å². The molecule has 1 aromatic heterocycles. The zero-order chi connectivity index (χ0) is 15.5. The van der Waals surface area contributed by atoms with Gasteiger partial charge in [-0.2, -0.15) is 4.98 Å². The molecule has 3 rings (SSSR count). The number of ether oxygens (including phenoxy) is 1. The minimum Gasteiger partial charge on any atom is -0.472 e. The van der Waals surface area contributed by atoms with Crippen molar-refractivity contribution in [2.24, 2.45) is 0 Å². The third-order valence-electron chi connectivity index (χ3n) is 4.02. The van der Waals surface area contributed by atoms with E-state index in [-0.39, 0.29) is 24.0 Å². The first kappa shape index (κ1) is 14.7. The highest BCUT2D eigenvalue weighted by atomic mass is 16.5. The van der Waals surface area contributed by atoms with Gasteiger partial charge in [0.2, 0.25) is 17.7 Å². The van der Waals surface area contributed by atoms with Gasteiger partial charge in [-0.15, -0.1) is 0 Å². The van der Waals surface area contributed by atoms with Crippen LogP contribution in [0, 0.1) is 6.92 Å². The van der Waals surface area contributed by atoms with Gasteiger partial charge in [-0.05, 0) is 26.2 Å². The van der Waals surface area contributed by atoms with Crippen molar-refractivity contribution < 1.29 is 14.3 Å². The molecule has 2 aliphatic rings. The van der Waals surface area contributed by atoms with Gasteiger partial charge in [0.25, 0.3) is 0 Å². The van der Waals surface area contributed by atoms with Gasteiger partial charge in [-0.25, -0.2) is 4.98 Å². The number of likely N-dealkylation sites (tertiary alicyclic amines) is 1. The second-order valence-electron chi connectivity index (χ2n) is 5.77. The van der Waals surface area contributed by atoms with Gasteiger partial charge in [0.05, 0.1) is 6.54 Å². The van der Waals surface area contributed by atoms with Gasteiger partial charge in [0, 0.05) is 25.2 Å². The van der Waals surface area contributed by atoms with E-state index in [2.05, 4.69) is 15.3 Å². The first-order chi connectivity index (χ1) is 10.6. The Morgan fingerprint density at radius 1 is 1.45 bits per heavy atom. The van der Waals surface area contributed by atoms with E-state index >= 15 is 0 Å². The average molecular weight is 304 g/mol. The Morgan fingerprint density at radius 3 is 3.05 bits per heavy atom. The van der Waals surface area contributed by atoms with Gasteiger partial charge in [0.15, 0.2) is 0 Å². The topological polar surface area (TPSA) is 84.4 Å². The van der Waals surface area contributed by atoms with Gasteiger partial charge >= 0.3 is 0 Å². The predicted octanol–water partition coefficient (Wildman–Crippen LogP) is 0.433. The number of amides is 2. The van der Waals surface area contributed by atoms with E-state index in [0.717, 1.165) is 12.8 Å². The Morgan fingerprint density at radius 2 is 2.32 bits per heavy atom. The summed E-state index contributed by atoms with van der Waals surface area (Å²) in [6.07, 6.45) is 4.40. The summed E-state index contributed by atoms with van der Waals surface area (Å²) < 4.78 is 5.87. The molecule has 3 heterocycles. The lowest BCUT2D eigenvalue weighted by molar-refractivity contribution is -0.136. The van der Waals surface area contributed by atoms with Crippen LogP contribution in [0.15, 0.2) is 12.3 Å². The molecular weight excluding hydrogens is 284 g/mol. The molecule has 1 aromatic rings. The van der Waals surface area contributed by atoms with Crippen LogP contribution < -0.4 is 10.1 Å². The Kier molecular flexibility index (Phi) is 4.22. The molecule has 2 unspecified atom stereocenters. The number of aryl methyl sites for hydroxylation is 1. The summed E-state index contributed by atoms with van der Waals surface area (Å²) in [5.74, 6) is 1.16. The van der Waals surface area contributed by atoms with E-state index in [0.29, 0.717) is 37.6 Å². The summed E-state index contributed by atoms with van der Waals surface area (Å²) in [7, 11) is 0. The molecule has 2 saturated heterocycles. The van der Waals surface area contributed by atoms with Crippen LogP contribution in [0.1, 0.15) is 31.5 Å². The first-order valence-corrected chi connectivity index (χ1v) is 7.66. The lowest BCUT2D eigenvalue weighted by atomic mass is 10.1. The smallest absolute Gasteiger partial charge is 0.245 e. The van der Waals surface area contributed by atoms with Crippen molar-refractivity contribution in [3.63, 3.8) is 0 Å². The molecule has 0 aromatic carbocycles. The number of hydrogen-bond donors (Lipinski definition) is 1. The van der Waals surface area contributed by atoms with Crippen molar-refractivity contribution in [1.82, 2.24) is 20.2 Å². The number of carbonyl (C=O) groups is 2. The quantitative estimate of drug-likeness (QED) is 0.875. The maximum absolute atomic E-state index is 12.4. The Bertz CT molecular complexity index is 578. The monoisotopic (exact) mass is 304 g/mol. The maximum atomic E-state index is 12.4. The van der Waals surface area contributed by atoms with Crippen molar-refractivity contribution in [3.8, 4) is 5.88 Å². The standard InChI is InChI=1S/C15H20N4O3/c1-10-16-7-6-14(17-10)22-11-3-2-8-19(9-11)15(21)12-4-5-13(20)18-12/h6-7,11-12H,2-5,8-9H2,1H3,(H,18,20). The molecule has 1 N–H and O–H groups in total. The first-order valence-electron chi connectivity index (χ1n) is 7.66. The minimum absolute atomic E-state index is 0.00184. The van der Waals surface area contributed by atoms with Crippen molar-refractivity contribution >= 4 is 11.8 Å². The number of rotatable bonds is 3. The molecule has 2 fully saturated rings. The van der Waals surface area contributed by atoms with E-state index < -0.39 is 0 Å². The van der Waals surface area contributed by atoms with Gasteiger partial charge in [-0.3, -0.25) is 9.59 Å². The molecule has 0 aliphatic carbocycles. The van der Waals surface area contributed by atoms with Crippen LogP contribution in [0.25, 0.3) is 0 Å². The Balaban J connectivity index is 1.59. The third-order valence-corrected chi connectivity index (χ3v) is 4.02. The van der Waals surface area contributed by atoms with Crippen molar-refractivity contribution in [1.29, 1.82) is 0 Å². The van der Waals surface area contributed by atoms with Crippen molar-refractivity contribution in [2.75, 3.05) is 13.1 Å². The van der Waals surface area contributed by atoms with E-state index in [4.69, 9.17) is 4.74 Å². The lowest BCUT2D eigenvalue weighted by Crippen LogP contribution is -2.50. The van der Waals surface area contributed by atoms with Crippen LogP contribution in [-0.2, 0) is 9.59 Å². The highest BCUT2D eigenvalue weighted by molar-refractivity contribution is 5.90. The minimum atomic E-state index is -0.368. The fourth-order valence-electron chi connectivity index (χ4n) is 2.93. The van der Waals surface area contributed by atoms with Crippen molar-refractivity contribution in [3.05, 3.63) is 18.1 Å². The molecule has 7 nitrogen and oxygen atoms in total. The molecular formula is C15H20N4O3. The summed E-state index contributed by atoms with van der Waals surface area (Å²) in [6, 6.07) is 1.36. The molecule has 2 aliphatic heterocycles. The molecule has 118 valence electrons. The number of carbonyl (C=O) groups excluding carboxylic acids is 2. The lowest BCUT2D eigenvalue weighted by Gasteiger charge is -2.34. The Labute approximate surface area is 129 Å². The second-order valence-corrected chi connectivity index (χ2v) is 5.77. The summed E-state index contributed by atoms with van der Waals surface area (Å²) >= 11 is 0. The van der Waals surface area contributed by atoms with Crippen LogP contribution in [0.2, 0.25) is 0 Å². The number of nitrogens with one attached hydrogen (secondary N) is 1. The maximum Gasteiger partial charge on any atom is 0.245 e. The molecule has 2 atom stereocenters. The average Bonchev–Trinajstić information content (AvgIpc) is 2.93. The highest BCUT2D eigenvalue weighted by Gasteiger charge is 2.33. The fourth-order valence-corrected chi connectivity index (χ4v) is 2.93. The fraction of sp³-hybridized carbons (Fsp3) is 0.600. The van der Waals surface area contributed by atoms with Crippen molar-refractivity contribution in [2.45, 2.75) is 44.8 Å². The van der Waals surface area contributed by atoms with Crippen LogP contribution in [0.5, 0.6) is 5.88 Å². The molecule has 7 heteroatoms. The third kappa shape index (κ3) is 3.35. The predicted molar refractivity (Wildman–Crippen MR) is 78.2 cm³/mol. The molecule has 0 spiro atoms. The van der Waals surface area contributed by atoms with E-state index in [1.165, 1.54) is 0 Å². The van der Waals surface area contributed by atoms with E-state index in [1.807, 2.05) is 6.92 Å². The molecule has 22 heavy (non-hydrogen) atoms. The van der Waals surface area contributed by atoms with E-state index in [1.54, 1.807) is 17.2 Å². The summed E-state index contributed by atoms with van der Waals surface area (Å²) in [5.41, 5.74) is 0. The van der Waals surface area contributed by atoms with Gasteiger partial charge in [0.1, 0.15) is 18.0 Å². The number of hydrogen-bond acceptors (Lipinski definition) is 5. The van der Waals surface area contributed by atoms with E-state index in [9.17, 15) is 9.59 Å². The summed E-state index contributed by atoms with van der Waals surface area (Å²) in [4.78, 5) is 33.7. The van der Waals surface area contributed by atoms with Crippen LogP contribution >= 0.6 is 0 Å². The zero-order valence-electron chi connectivity index (χ0n) is 12.6. The summed E-state index contributed by atoms with van der Waals surface area (Å²) in [6.45, 7) is 3.06. The van der Waals surface area contributed by atoms with Crippen LogP contribution in [0.4, 0.5) is 0 Å². The normalized spacial score (nSPS) is 25.0. The summed E-state index contributed by atoms with van der Waals surface area (Å²) in [5, 5.41) is 2.73. The molecule has 0 saturated carbocycles. The highest BCUT2D eigenvalue weighted by Crippen LogP contribution is 2.19. The van der Waals surface area contributed by atoms with Gasteiger partial charge < -0.3 is 15.0 Å². The second kappa shape index (κ2) is 6.29. The largest absolute Gasteiger partial charge is 0.472 e. The molecule has 0 bridgehead atoms. The molecule has 2 amide bonds. The number of aromatic nitrogens is 2. The zero-order valence-corrected chi connectivity index (χ0v) is 12.6. The SMILES string of the molecule is Cc1nccc(OC2CCCN(C(=O)C3CCC(=O)N3)C2)n1. The number of piperidine rings is 1. The Hall–Kier alpha value is -2.18. The molecule has 0 radical (unpaired) electrons. The van der Waals surface area contributed by atoms with Crippen LogP contribution in [-0.4, -0.2) is 51.9 Å². The number of nitrogens with zero attached hydrogens (tertiary/aromatic N) is 3.